The molecule has 4 aliphatic carbocycles. The van der Waals surface area contributed by atoms with Gasteiger partial charge >= 0.3 is 11.9 Å². The molecule has 0 aromatic rings. The summed E-state index contributed by atoms with van der Waals surface area (Å²) in [7, 11) is 0. The molecule has 0 aromatic carbocycles. The molecule has 4 heteroatoms. The highest BCUT2D eigenvalue weighted by Gasteiger charge is 2.57. The molecule has 0 unspecified atom stereocenters. The zero-order valence-electron chi connectivity index (χ0n) is 16.5. The average Bonchev–Trinajstić information content (AvgIpc) is 2.48. The van der Waals surface area contributed by atoms with Gasteiger partial charge in [0.1, 0.15) is 5.60 Å². The topological polar surface area (TPSA) is 52.6 Å². The first-order valence-corrected chi connectivity index (χ1v) is 9.99. The van der Waals surface area contributed by atoms with Gasteiger partial charge in [-0.15, -0.1) is 0 Å². The molecule has 0 heterocycles. The maximum absolute atomic E-state index is 12.4. The Balaban J connectivity index is 1.53. The van der Waals surface area contributed by atoms with E-state index in [1.807, 2.05) is 13.8 Å². The highest BCUT2D eigenvalue weighted by molar-refractivity contribution is 5.80. The molecule has 0 aromatic heterocycles. The number of hydrogen-bond donors (Lipinski definition) is 0. The Labute approximate surface area is 152 Å². The maximum atomic E-state index is 12.4. The van der Waals surface area contributed by atoms with Crippen LogP contribution in [-0.2, 0) is 19.1 Å². The van der Waals surface area contributed by atoms with Crippen LogP contribution in [0.25, 0.3) is 0 Å². The third-order valence-corrected chi connectivity index (χ3v) is 6.89. The van der Waals surface area contributed by atoms with Crippen molar-refractivity contribution in [3.8, 4) is 0 Å². The molecular formula is C21H34O4. The molecule has 4 bridgehead atoms. The molecule has 0 N–H and O–H groups in total. The van der Waals surface area contributed by atoms with Crippen molar-refractivity contribution in [1.29, 1.82) is 0 Å². The Hall–Kier alpha value is -1.06. The van der Waals surface area contributed by atoms with E-state index in [0.717, 1.165) is 18.3 Å². The number of hydrogen-bond acceptors (Lipinski definition) is 4. The lowest BCUT2D eigenvalue weighted by Gasteiger charge is -2.59. The Kier molecular flexibility index (Phi) is 4.93. The molecule has 4 fully saturated rings. The number of carbonyl (C=O) groups is 2. The van der Waals surface area contributed by atoms with Crippen LogP contribution in [0.4, 0.5) is 0 Å². The molecule has 0 amide bonds. The summed E-state index contributed by atoms with van der Waals surface area (Å²) in [6.45, 7) is 9.76. The molecule has 4 aliphatic rings. The van der Waals surface area contributed by atoms with E-state index >= 15 is 0 Å². The Morgan fingerprint density at radius 3 is 2.04 bits per heavy atom. The van der Waals surface area contributed by atoms with Crippen LogP contribution >= 0.6 is 0 Å². The highest BCUT2D eigenvalue weighted by Crippen LogP contribution is 2.59. The summed E-state index contributed by atoms with van der Waals surface area (Å²) in [5.41, 5.74) is -0.925. The zero-order chi connectivity index (χ0) is 18.4. The number of carbonyl (C=O) groups excluding carboxylic acids is 2. The van der Waals surface area contributed by atoms with Gasteiger partial charge in [0.15, 0.2) is 6.61 Å². The molecule has 0 radical (unpaired) electrons. The first kappa shape index (κ1) is 18.7. The quantitative estimate of drug-likeness (QED) is 0.668. The van der Waals surface area contributed by atoms with Gasteiger partial charge in [-0.05, 0) is 88.9 Å². The van der Waals surface area contributed by atoms with Gasteiger partial charge in [-0.1, -0.05) is 13.8 Å². The van der Waals surface area contributed by atoms with Crippen LogP contribution in [0.15, 0.2) is 0 Å². The second-order valence-electron chi connectivity index (χ2n) is 10.0. The van der Waals surface area contributed by atoms with E-state index < -0.39 is 5.41 Å². The van der Waals surface area contributed by atoms with Gasteiger partial charge in [0.2, 0.25) is 0 Å². The summed E-state index contributed by atoms with van der Waals surface area (Å²) in [6.07, 6.45) is 6.89. The minimum Gasteiger partial charge on any atom is -0.456 e. The first-order chi connectivity index (χ1) is 11.6. The minimum atomic E-state index is -0.568. The molecular weight excluding hydrogens is 316 g/mol. The molecule has 4 rings (SSSR count). The Morgan fingerprint density at radius 1 is 1.04 bits per heavy atom. The van der Waals surface area contributed by atoms with Crippen molar-refractivity contribution in [3.63, 3.8) is 0 Å². The fourth-order valence-electron chi connectivity index (χ4n) is 5.99. The van der Waals surface area contributed by atoms with E-state index in [-0.39, 0.29) is 24.1 Å². The number of rotatable bonds is 6. The van der Waals surface area contributed by atoms with Crippen molar-refractivity contribution >= 4 is 11.9 Å². The van der Waals surface area contributed by atoms with Crippen molar-refractivity contribution < 1.29 is 19.1 Å². The van der Waals surface area contributed by atoms with Gasteiger partial charge in [0.25, 0.3) is 0 Å². The van der Waals surface area contributed by atoms with E-state index in [2.05, 4.69) is 20.8 Å². The molecule has 142 valence electrons. The molecule has 25 heavy (non-hydrogen) atoms. The first-order valence-electron chi connectivity index (χ1n) is 9.99. The van der Waals surface area contributed by atoms with E-state index in [1.54, 1.807) is 0 Å². The van der Waals surface area contributed by atoms with Gasteiger partial charge in [-0.25, -0.2) is 4.79 Å². The molecule has 0 saturated heterocycles. The third-order valence-electron chi connectivity index (χ3n) is 6.89. The normalized spacial score (nSPS) is 36.6. The maximum Gasteiger partial charge on any atom is 0.344 e. The van der Waals surface area contributed by atoms with Crippen LogP contribution in [0.5, 0.6) is 0 Å². The van der Waals surface area contributed by atoms with Gasteiger partial charge < -0.3 is 9.47 Å². The molecule has 0 atom stereocenters. The van der Waals surface area contributed by atoms with Gasteiger partial charge in [0.05, 0.1) is 5.41 Å². The third kappa shape index (κ3) is 3.73. The van der Waals surface area contributed by atoms with Gasteiger partial charge in [-0.3, -0.25) is 4.79 Å². The molecule has 4 nitrogen and oxygen atoms in total. The molecule has 4 saturated carbocycles. The summed E-state index contributed by atoms with van der Waals surface area (Å²) in [5.74, 6) is 2.35. The summed E-state index contributed by atoms with van der Waals surface area (Å²) < 4.78 is 11.2. The van der Waals surface area contributed by atoms with Crippen molar-refractivity contribution in [2.45, 2.75) is 78.7 Å². The monoisotopic (exact) mass is 350 g/mol. The van der Waals surface area contributed by atoms with Crippen LogP contribution in [0, 0.1) is 35.0 Å². The van der Waals surface area contributed by atoms with Crippen molar-refractivity contribution in [2.75, 3.05) is 6.61 Å². The predicted octanol–water partition coefficient (Wildman–Crippen LogP) is 4.36. The molecule has 0 aliphatic heterocycles. The predicted molar refractivity (Wildman–Crippen MR) is 95.7 cm³/mol. The van der Waals surface area contributed by atoms with Crippen molar-refractivity contribution in [3.05, 3.63) is 0 Å². The lowest BCUT2D eigenvalue weighted by atomic mass is 9.50. The largest absolute Gasteiger partial charge is 0.456 e. The minimum absolute atomic E-state index is 0.262. The van der Waals surface area contributed by atoms with Crippen LogP contribution in [-0.4, -0.2) is 24.1 Å². The highest BCUT2D eigenvalue weighted by atomic mass is 16.6. The number of ether oxygens (including phenoxy) is 2. The van der Waals surface area contributed by atoms with E-state index in [4.69, 9.17) is 9.47 Å². The lowest BCUT2D eigenvalue weighted by molar-refractivity contribution is -0.208. The fourth-order valence-corrected chi connectivity index (χ4v) is 5.99. The Morgan fingerprint density at radius 2 is 1.56 bits per heavy atom. The van der Waals surface area contributed by atoms with Crippen molar-refractivity contribution in [1.82, 2.24) is 0 Å². The summed E-state index contributed by atoms with van der Waals surface area (Å²) >= 11 is 0. The van der Waals surface area contributed by atoms with Crippen LogP contribution in [0.3, 0.4) is 0 Å². The second-order valence-corrected chi connectivity index (χ2v) is 10.0. The second kappa shape index (κ2) is 6.59. The summed E-state index contributed by atoms with van der Waals surface area (Å²) in [5, 5.41) is 0. The van der Waals surface area contributed by atoms with E-state index in [9.17, 15) is 9.59 Å². The fraction of sp³-hybridized carbons (Fsp3) is 0.905. The van der Waals surface area contributed by atoms with E-state index in [1.165, 1.54) is 32.1 Å². The summed E-state index contributed by atoms with van der Waals surface area (Å²) in [6, 6.07) is 0. The SMILES string of the molecule is CC(C)CC(C)(C)C(=O)OCC(=O)OC1(C)C2CC3CC(C2)CC1C3. The van der Waals surface area contributed by atoms with E-state index in [0.29, 0.717) is 17.8 Å². The van der Waals surface area contributed by atoms with Crippen molar-refractivity contribution in [2.24, 2.45) is 35.0 Å². The average molecular weight is 350 g/mol. The van der Waals surface area contributed by atoms with Gasteiger partial charge in [-0.2, -0.15) is 0 Å². The van der Waals surface area contributed by atoms with Crippen LogP contribution in [0.1, 0.15) is 73.1 Å². The standard InChI is InChI=1S/C21H34O4/c1-13(2)11-20(3,4)19(23)24-12-18(22)25-21(5)16-7-14-6-15(9-16)10-17(21)8-14/h13-17H,6-12H2,1-5H3. The van der Waals surface area contributed by atoms with Crippen LogP contribution < -0.4 is 0 Å². The smallest absolute Gasteiger partial charge is 0.344 e. The lowest BCUT2D eigenvalue weighted by Crippen LogP contribution is -2.58. The summed E-state index contributed by atoms with van der Waals surface area (Å²) in [4.78, 5) is 24.7. The van der Waals surface area contributed by atoms with Gasteiger partial charge in [0, 0.05) is 0 Å². The zero-order valence-corrected chi connectivity index (χ0v) is 16.5. The number of esters is 2. The molecule has 0 spiro atoms. The Bertz CT molecular complexity index is 506. The van der Waals surface area contributed by atoms with Crippen LogP contribution in [0.2, 0.25) is 0 Å².